The van der Waals surface area contributed by atoms with E-state index in [0.29, 0.717) is 23.7 Å². The lowest BCUT2D eigenvalue weighted by atomic mass is 9.84. The van der Waals surface area contributed by atoms with Crippen LogP contribution in [0, 0.1) is 5.92 Å². The first-order valence-electron chi connectivity index (χ1n) is 6.68. The molecule has 0 aromatic carbocycles. The molecule has 2 unspecified atom stereocenters. The Labute approximate surface area is 126 Å². The zero-order chi connectivity index (χ0) is 15.2. The van der Waals surface area contributed by atoms with Crippen LogP contribution in [0.25, 0.3) is 0 Å². The van der Waals surface area contributed by atoms with Crippen molar-refractivity contribution in [1.82, 2.24) is 25.6 Å². The summed E-state index contributed by atoms with van der Waals surface area (Å²) in [5.74, 6) is -1.42. The highest BCUT2D eigenvalue weighted by Crippen LogP contribution is 2.29. The summed E-state index contributed by atoms with van der Waals surface area (Å²) < 4.78 is 0. The summed E-state index contributed by atoms with van der Waals surface area (Å²) in [6, 6.07) is 3.51. The first kappa shape index (κ1) is 15.4. The number of hydrogen-bond acceptors (Lipinski definition) is 5. The van der Waals surface area contributed by atoms with E-state index in [0.717, 1.165) is 12.1 Å². The quantitative estimate of drug-likeness (QED) is 0.811. The van der Waals surface area contributed by atoms with E-state index in [1.807, 2.05) is 6.92 Å². The number of carboxylic acids is 1. The normalized spacial score (nSPS) is 13.8. The van der Waals surface area contributed by atoms with E-state index in [1.54, 1.807) is 18.3 Å². The fourth-order valence-electron chi connectivity index (χ4n) is 2.30. The van der Waals surface area contributed by atoms with Crippen molar-refractivity contribution < 1.29 is 9.90 Å². The number of nitrogens with zero attached hydrogens (tertiary/aromatic N) is 4. The maximum absolute atomic E-state index is 11.5. The molecule has 2 atom stereocenters. The number of aromatic nitrogens is 5. The van der Waals surface area contributed by atoms with Gasteiger partial charge in [-0.2, -0.15) is 5.21 Å². The van der Waals surface area contributed by atoms with Gasteiger partial charge >= 0.3 is 5.97 Å². The summed E-state index contributed by atoms with van der Waals surface area (Å²) in [7, 11) is 0. The molecular formula is C13H16ClN5O2. The Morgan fingerprint density at radius 2 is 2.29 bits per heavy atom. The number of H-pyrrole nitrogens is 1. The number of hydrogen-bond donors (Lipinski definition) is 2. The van der Waals surface area contributed by atoms with Gasteiger partial charge < -0.3 is 5.11 Å². The minimum absolute atomic E-state index is 0.380. The molecule has 8 heteroatoms. The van der Waals surface area contributed by atoms with Crippen molar-refractivity contribution in [3.63, 3.8) is 0 Å². The molecule has 112 valence electrons. The summed E-state index contributed by atoms with van der Waals surface area (Å²) >= 11 is 5.81. The topological polar surface area (TPSA) is 105 Å². The number of pyridine rings is 1. The summed E-state index contributed by atoms with van der Waals surface area (Å²) in [5.41, 5.74) is 0.747. The van der Waals surface area contributed by atoms with Crippen LogP contribution in [0.2, 0.25) is 5.02 Å². The second kappa shape index (κ2) is 7.12. The number of halogens is 1. The van der Waals surface area contributed by atoms with Crippen LogP contribution in [-0.4, -0.2) is 36.7 Å². The van der Waals surface area contributed by atoms with Crippen LogP contribution in [0.1, 0.15) is 37.2 Å². The number of carbonyl (C=O) groups is 1. The third-order valence-electron chi connectivity index (χ3n) is 3.31. The Bertz CT molecular complexity index is 573. The molecule has 2 aromatic rings. The number of aromatic amines is 1. The lowest BCUT2D eigenvalue weighted by Gasteiger charge is -2.20. The maximum Gasteiger partial charge on any atom is 0.307 e. The van der Waals surface area contributed by atoms with Gasteiger partial charge in [-0.05, 0) is 18.6 Å². The molecule has 0 aliphatic rings. The molecule has 2 N–H and O–H groups in total. The van der Waals surface area contributed by atoms with Crippen LogP contribution in [0.4, 0.5) is 0 Å². The fraction of sp³-hybridized carbons (Fsp3) is 0.462. The minimum atomic E-state index is -0.861. The molecule has 0 amide bonds. The predicted molar refractivity (Wildman–Crippen MR) is 75.9 cm³/mol. The Balaban J connectivity index is 2.27. The van der Waals surface area contributed by atoms with E-state index < -0.39 is 11.9 Å². The standard InChI is InChI=1S/C13H16ClN5O2/c1-2-3-10(13(20)21)11(12-16-18-19-17-12)6-9-5-4-8(14)7-15-9/h4-5,7,10-11H,2-3,6H2,1H3,(H,20,21)(H,16,17,18,19). The van der Waals surface area contributed by atoms with Crippen molar-refractivity contribution in [2.45, 2.75) is 32.1 Å². The van der Waals surface area contributed by atoms with Gasteiger partial charge in [0, 0.05) is 24.2 Å². The van der Waals surface area contributed by atoms with E-state index in [1.165, 1.54) is 0 Å². The van der Waals surface area contributed by atoms with Gasteiger partial charge in [-0.1, -0.05) is 30.2 Å². The number of aliphatic carboxylic acids is 1. The lowest BCUT2D eigenvalue weighted by molar-refractivity contribution is -0.143. The summed E-state index contributed by atoms with van der Waals surface area (Å²) in [6.45, 7) is 1.95. The molecule has 0 saturated heterocycles. The van der Waals surface area contributed by atoms with Crippen molar-refractivity contribution in [3.05, 3.63) is 34.9 Å². The molecule has 0 bridgehead atoms. The zero-order valence-corrected chi connectivity index (χ0v) is 12.3. The van der Waals surface area contributed by atoms with Gasteiger partial charge in [0.1, 0.15) is 0 Å². The number of carboxylic acid groups (broad SMARTS) is 1. The van der Waals surface area contributed by atoms with Crippen LogP contribution in [-0.2, 0) is 11.2 Å². The Morgan fingerprint density at radius 1 is 1.48 bits per heavy atom. The minimum Gasteiger partial charge on any atom is -0.481 e. The number of nitrogens with one attached hydrogen (secondary N) is 1. The SMILES string of the molecule is CCCC(C(=O)O)C(Cc1ccc(Cl)cn1)c1nn[nH]n1. The third kappa shape index (κ3) is 3.98. The second-order valence-electron chi connectivity index (χ2n) is 4.78. The van der Waals surface area contributed by atoms with Crippen molar-refractivity contribution in [2.75, 3.05) is 0 Å². The monoisotopic (exact) mass is 309 g/mol. The molecular weight excluding hydrogens is 294 g/mol. The predicted octanol–water partition coefficient (Wildman–Crippen LogP) is 2.08. The van der Waals surface area contributed by atoms with Crippen molar-refractivity contribution in [1.29, 1.82) is 0 Å². The van der Waals surface area contributed by atoms with E-state index in [4.69, 9.17) is 11.6 Å². The van der Waals surface area contributed by atoms with Crippen LogP contribution in [0.5, 0.6) is 0 Å². The van der Waals surface area contributed by atoms with Crippen molar-refractivity contribution in [3.8, 4) is 0 Å². The zero-order valence-electron chi connectivity index (χ0n) is 11.5. The van der Waals surface area contributed by atoms with Crippen LogP contribution >= 0.6 is 11.6 Å². The largest absolute Gasteiger partial charge is 0.481 e. The highest BCUT2D eigenvalue weighted by molar-refractivity contribution is 6.30. The molecule has 2 rings (SSSR count). The second-order valence-corrected chi connectivity index (χ2v) is 5.22. The maximum atomic E-state index is 11.5. The van der Waals surface area contributed by atoms with Crippen LogP contribution < -0.4 is 0 Å². The molecule has 2 heterocycles. The van der Waals surface area contributed by atoms with Gasteiger partial charge in [0.05, 0.1) is 10.9 Å². The third-order valence-corrected chi connectivity index (χ3v) is 3.54. The van der Waals surface area contributed by atoms with Gasteiger partial charge in [-0.3, -0.25) is 9.78 Å². The molecule has 0 fully saturated rings. The van der Waals surface area contributed by atoms with Gasteiger partial charge in [0.2, 0.25) is 0 Å². The highest BCUT2D eigenvalue weighted by atomic mass is 35.5. The molecule has 0 radical (unpaired) electrons. The van der Waals surface area contributed by atoms with Gasteiger partial charge in [-0.25, -0.2) is 0 Å². The van der Waals surface area contributed by atoms with E-state index in [-0.39, 0.29) is 5.92 Å². The molecule has 0 aliphatic carbocycles. The molecule has 2 aromatic heterocycles. The summed E-state index contributed by atoms with van der Waals surface area (Å²) in [5, 5.41) is 23.8. The smallest absolute Gasteiger partial charge is 0.307 e. The average Bonchev–Trinajstić information content (AvgIpc) is 2.98. The average molecular weight is 310 g/mol. The lowest BCUT2D eigenvalue weighted by Crippen LogP contribution is -2.25. The van der Waals surface area contributed by atoms with Crippen molar-refractivity contribution >= 4 is 17.6 Å². The molecule has 7 nitrogen and oxygen atoms in total. The highest BCUT2D eigenvalue weighted by Gasteiger charge is 2.32. The first-order chi connectivity index (χ1) is 10.1. The number of tetrazole rings is 1. The number of rotatable bonds is 7. The molecule has 21 heavy (non-hydrogen) atoms. The van der Waals surface area contributed by atoms with Gasteiger partial charge in [0.15, 0.2) is 5.82 Å². The molecule has 0 spiro atoms. The van der Waals surface area contributed by atoms with Gasteiger partial charge in [0.25, 0.3) is 0 Å². The Kier molecular flexibility index (Phi) is 5.21. The van der Waals surface area contributed by atoms with Crippen LogP contribution in [0.3, 0.4) is 0 Å². The van der Waals surface area contributed by atoms with E-state index in [2.05, 4.69) is 25.6 Å². The molecule has 0 saturated carbocycles. The van der Waals surface area contributed by atoms with Crippen LogP contribution in [0.15, 0.2) is 18.3 Å². The Morgan fingerprint density at radius 3 is 2.81 bits per heavy atom. The fourth-order valence-corrected chi connectivity index (χ4v) is 2.41. The molecule has 0 aliphatic heterocycles. The summed E-state index contributed by atoms with van der Waals surface area (Å²) in [4.78, 5) is 15.8. The van der Waals surface area contributed by atoms with E-state index in [9.17, 15) is 9.90 Å². The summed E-state index contributed by atoms with van der Waals surface area (Å²) in [6.07, 6.45) is 3.27. The Hall–Kier alpha value is -2.02. The van der Waals surface area contributed by atoms with Gasteiger partial charge in [-0.15, -0.1) is 10.2 Å². The first-order valence-corrected chi connectivity index (χ1v) is 7.06. The van der Waals surface area contributed by atoms with E-state index >= 15 is 0 Å². The van der Waals surface area contributed by atoms with Crippen molar-refractivity contribution in [2.24, 2.45) is 5.92 Å².